The Morgan fingerprint density at radius 3 is 1.83 bits per heavy atom. The minimum atomic E-state index is -0.405. The Hall–Kier alpha value is -5.97. The van der Waals surface area contributed by atoms with E-state index < -0.39 is 5.92 Å². The molecule has 9 aromatic rings. The Morgan fingerprint density at radius 1 is 0.542 bits per heavy atom. The molecule has 4 heteroatoms. The molecule has 7 aromatic carbocycles. The van der Waals surface area contributed by atoms with Crippen LogP contribution >= 0.6 is 11.3 Å². The SMILES string of the molecule is [2H]c1c([2H])c([2H])c2c(sc3c4c(c5ccccc5c32)-c2cc(-c3ccccc3)ccc2C4c2nc(-c3ccccc3)nc(-c3ccccc3)n2)c1[2H]. The van der Waals surface area contributed by atoms with E-state index in [1.165, 1.54) is 11.3 Å². The van der Waals surface area contributed by atoms with Crippen LogP contribution in [0.1, 0.15) is 28.4 Å². The number of thiophene rings is 1. The van der Waals surface area contributed by atoms with Gasteiger partial charge in [-0.3, -0.25) is 0 Å². The Balaban J connectivity index is 1.37. The van der Waals surface area contributed by atoms with Crippen LogP contribution in [0.25, 0.3) is 76.0 Å². The summed E-state index contributed by atoms with van der Waals surface area (Å²) in [5, 5.41) is 3.36. The van der Waals surface area contributed by atoms with Crippen molar-refractivity contribution in [2.45, 2.75) is 5.92 Å². The van der Waals surface area contributed by atoms with Crippen molar-refractivity contribution in [1.29, 1.82) is 0 Å². The summed E-state index contributed by atoms with van der Waals surface area (Å²) >= 11 is 1.43. The topological polar surface area (TPSA) is 38.7 Å². The molecule has 1 unspecified atom stereocenters. The maximum Gasteiger partial charge on any atom is 0.163 e. The maximum absolute atomic E-state index is 9.09. The fourth-order valence-corrected chi connectivity index (χ4v) is 8.43. The molecular weight excluding hydrogens is 603 g/mol. The second-order valence-corrected chi connectivity index (χ2v) is 13.0. The molecule has 2 aromatic heterocycles. The molecule has 3 nitrogen and oxygen atoms in total. The summed E-state index contributed by atoms with van der Waals surface area (Å²) < 4.78 is 36.7. The van der Waals surface area contributed by atoms with Gasteiger partial charge < -0.3 is 0 Å². The van der Waals surface area contributed by atoms with E-state index in [0.29, 0.717) is 27.6 Å². The fraction of sp³-hybridized carbons (Fsp3) is 0.0227. The van der Waals surface area contributed by atoms with Crippen LogP contribution in [-0.2, 0) is 0 Å². The maximum atomic E-state index is 9.09. The van der Waals surface area contributed by atoms with Crippen molar-refractivity contribution in [3.05, 3.63) is 175 Å². The highest BCUT2D eigenvalue weighted by atomic mass is 32.1. The predicted octanol–water partition coefficient (Wildman–Crippen LogP) is 11.6. The van der Waals surface area contributed by atoms with Gasteiger partial charge in [0.05, 0.1) is 11.4 Å². The van der Waals surface area contributed by atoms with Gasteiger partial charge in [-0.15, -0.1) is 11.3 Å². The summed E-state index contributed by atoms with van der Waals surface area (Å²) in [7, 11) is 0. The molecule has 2 heterocycles. The van der Waals surface area contributed by atoms with Gasteiger partial charge in [0, 0.05) is 31.3 Å². The van der Waals surface area contributed by atoms with Crippen molar-refractivity contribution in [1.82, 2.24) is 15.0 Å². The number of hydrogen-bond acceptors (Lipinski definition) is 4. The first-order valence-corrected chi connectivity index (χ1v) is 16.7. The van der Waals surface area contributed by atoms with Crippen LogP contribution in [0, 0.1) is 0 Å². The summed E-state index contributed by atoms with van der Waals surface area (Å²) in [6.45, 7) is 0. The van der Waals surface area contributed by atoms with Crippen LogP contribution in [-0.4, -0.2) is 15.0 Å². The zero-order valence-electron chi connectivity index (χ0n) is 29.5. The summed E-state index contributed by atoms with van der Waals surface area (Å²) in [6, 6.07) is 44.7. The van der Waals surface area contributed by atoms with E-state index in [1.54, 1.807) is 0 Å². The summed E-state index contributed by atoms with van der Waals surface area (Å²) in [4.78, 5) is 15.5. The molecule has 1 aliphatic carbocycles. The lowest BCUT2D eigenvalue weighted by Crippen LogP contribution is -2.09. The first kappa shape index (κ1) is 23.4. The van der Waals surface area contributed by atoms with Gasteiger partial charge in [0.15, 0.2) is 11.6 Å². The minimum absolute atomic E-state index is 0.0219. The normalized spacial score (nSPS) is 14.8. The molecule has 1 atom stereocenters. The predicted molar refractivity (Wildman–Crippen MR) is 199 cm³/mol. The molecule has 0 aliphatic heterocycles. The number of hydrogen-bond donors (Lipinski definition) is 0. The van der Waals surface area contributed by atoms with Crippen molar-refractivity contribution in [2.24, 2.45) is 0 Å². The highest BCUT2D eigenvalue weighted by Crippen LogP contribution is 2.56. The molecular formula is C44H27N3S. The third kappa shape index (κ3) is 4.16. The van der Waals surface area contributed by atoms with E-state index in [1.807, 2.05) is 78.9 Å². The molecule has 48 heavy (non-hydrogen) atoms. The molecule has 224 valence electrons. The fourth-order valence-electron chi connectivity index (χ4n) is 7.22. The molecule has 0 fully saturated rings. The molecule has 1 aliphatic rings. The van der Waals surface area contributed by atoms with Gasteiger partial charge in [0.25, 0.3) is 0 Å². The number of benzene rings is 7. The van der Waals surface area contributed by atoms with E-state index >= 15 is 0 Å². The largest absolute Gasteiger partial charge is 0.212 e. The zero-order chi connectivity index (χ0) is 35.1. The lowest BCUT2D eigenvalue weighted by atomic mass is 9.91. The van der Waals surface area contributed by atoms with Crippen molar-refractivity contribution in [3.63, 3.8) is 0 Å². The van der Waals surface area contributed by atoms with Crippen molar-refractivity contribution < 1.29 is 5.48 Å². The highest BCUT2D eigenvalue weighted by Gasteiger charge is 2.37. The second kappa shape index (κ2) is 10.8. The average molecular weight is 634 g/mol. The first-order valence-electron chi connectivity index (χ1n) is 17.9. The quantitative estimate of drug-likeness (QED) is 0.194. The van der Waals surface area contributed by atoms with Gasteiger partial charge in [-0.1, -0.05) is 146 Å². The lowest BCUT2D eigenvalue weighted by molar-refractivity contribution is 0.861. The first-order chi connectivity index (χ1) is 25.5. The van der Waals surface area contributed by atoms with E-state index in [0.717, 1.165) is 65.4 Å². The smallest absolute Gasteiger partial charge is 0.163 e. The van der Waals surface area contributed by atoms with Gasteiger partial charge in [-0.05, 0) is 56.3 Å². The van der Waals surface area contributed by atoms with Crippen LogP contribution in [0.2, 0.25) is 0 Å². The number of rotatable bonds is 4. The third-order valence-electron chi connectivity index (χ3n) is 9.32. The Labute approximate surface area is 287 Å². The van der Waals surface area contributed by atoms with E-state index in [2.05, 4.69) is 54.6 Å². The van der Waals surface area contributed by atoms with Gasteiger partial charge in [0.2, 0.25) is 0 Å². The number of aromatic nitrogens is 3. The van der Waals surface area contributed by atoms with E-state index in [-0.39, 0.29) is 24.2 Å². The Morgan fingerprint density at radius 2 is 1.15 bits per heavy atom. The minimum Gasteiger partial charge on any atom is -0.212 e. The molecule has 10 rings (SSSR count). The van der Waals surface area contributed by atoms with Crippen LogP contribution in [0.4, 0.5) is 0 Å². The molecule has 0 N–H and O–H groups in total. The molecule has 0 bridgehead atoms. The van der Waals surface area contributed by atoms with Gasteiger partial charge in [-0.25, -0.2) is 15.0 Å². The van der Waals surface area contributed by atoms with Crippen LogP contribution in [0.3, 0.4) is 0 Å². The molecule has 0 spiro atoms. The molecule has 0 saturated heterocycles. The van der Waals surface area contributed by atoms with Gasteiger partial charge in [-0.2, -0.15) is 0 Å². The van der Waals surface area contributed by atoms with E-state index in [4.69, 9.17) is 20.4 Å². The summed E-state index contributed by atoms with van der Waals surface area (Å²) in [6.07, 6.45) is 0. The monoisotopic (exact) mass is 633 g/mol. The van der Waals surface area contributed by atoms with Gasteiger partial charge >= 0.3 is 0 Å². The molecule has 0 radical (unpaired) electrons. The molecule has 0 saturated carbocycles. The Kier molecular flexibility index (Phi) is 5.26. The summed E-state index contributed by atoms with van der Waals surface area (Å²) in [5.41, 5.74) is 8.21. The summed E-state index contributed by atoms with van der Waals surface area (Å²) in [5.74, 6) is 1.35. The van der Waals surface area contributed by atoms with Gasteiger partial charge in [0.1, 0.15) is 5.82 Å². The van der Waals surface area contributed by atoms with E-state index in [9.17, 15) is 0 Å². The Bertz CT molecular complexity index is 2840. The lowest BCUT2D eigenvalue weighted by Gasteiger charge is -2.17. The zero-order valence-corrected chi connectivity index (χ0v) is 26.3. The van der Waals surface area contributed by atoms with Crippen LogP contribution in [0.15, 0.2) is 158 Å². The van der Waals surface area contributed by atoms with Crippen LogP contribution in [0.5, 0.6) is 0 Å². The highest BCUT2D eigenvalue weighted by molar-refractivity contribution is 7.26. The second-order valence-electron chi connectivity index (χ2n) is 12.0. The average Bonchev–Trinajstić information content (AvgIpc) is 3.78. The van der Waals surface area contributed by atoms with Crippen LogP contribution < -0.4 is 0 Å². The standard InChI is InChI=1S/C44H27N3S/c1-4-14-27(15-5-1)30-24-25-33-35(26-30)37-31-20-10-11-21-32(31)38-34-22-12-13-23-36(34)48-41(38)40(37)39(33)44-46-42(28-16-6-2-7-17-28)45-43(47-44)29-18-8-3-9-19-29/h1-26,39H/i12D,13D,22D,23D. The van der Waals surface area contributed by atoms with Crippen molar-refractivity contribution in [2.75, 3.05) is 0 Å². The number of nitrogens with zero attached hydrogens (tertiary/aromatic N) is 3. The van der Waals surface area contributed by atoms with Crippen molar-refractivity contribution >= 4 is 42.3 Å². The van der Waals surface area contributed by atoms with Crippen molar-refractivity contribution in [3.8, 4) is 45.0 Å². The molecule has 0 amide bonds. The third-order valence-corrected chi connectivity index (χ3v) is 10.5. The number of fused-ring (bicyclic) bond motifs is 10.